The molecule has 1 fully saturated rings. The van der Waals surface area contributed by atoms with Crippen LogP contribution in [0, 0.1) is 6.92 Å². The largest absolute Gasteiger partial charge is 0.490 e. The second kappa shape index (κ2) is 8.54. The van der Waals surface area contributed by atoms with Crippen LogP contribution in [0.25, 0.3) is 5.65 Å². The van der Waals surface area contributed by atoms with Crippen LogP contribution in [0.3, 0.4) is 0 Å². The van der Waals surface area contributed by atoms with E-state index >= 15 is 0 Å². The third-order valence-corrected chi connectivity index (χ3v) is 4.55. The van der Waals surface area contributed by atoms with Gasteiger partial charge in [0.2, 0.25) is 5.91 Å². The van der Waals surface area contributed by atoms with Gasteiger partial charge in [-0.15, -0.1) is 12.4 Å². The van der Waals surface area contributed by atoms with Crippen molar-refractivity contribution in [3.8, 4) is 5.75 Å². The van der Waals surface area contributed by atoms with Crippen LogP contribution in [0.2, 0.25) is 0 Å². The van der Waals surface area contributed by atoms with Gasteiger partial charge in [-0.2, -0.15) is 0 Å². The first-order valence-electron chi connectivity index (χ1n) is 8.93. The van der Waals surface area contributed by atoms with E-state index in [2.05, 4.69) is 4.98 Å². The molecule has 0 saturated heterocycles. The number of fused-ring (bicyclic) bond motifs is 1. The van der Waals surface area contributed by atoms with Gasteiger partial charge in [0.1, 0.15) is 5.69 Å². The van der Waals surface area contributed by atoms with E-state index in [0.717, 1.165) is 12.8 Å². The normalized spacial score (nSPS) is 13.3. The molecule has 0 aliphatic heterocycles. The monoisotopic (exact) mass is 379 g/mol. The van der Waals surface area contributed by atoms with Gasteiger partial charge in [-0.25, -0.2) is 4.98 Å². The van der Waals surface area contributed by atoms with Crippen molar-refractivity contribution in [1.82, 2.24) is 14.3 Å². The van der Waals surface area contributed by atoms with Crippen molar-refractivity contribution in [2.24, 2.45) is 0 Å². The minimum Gasteiger partial charge on any atom is -0.490 e. The molecule has 0 atom stereocenters. The van der Waals surface area contributed by atoms with Crippen molar-refractivity contribution in [2.45, 2.75) is 52.5 Å². The molecule has 0 aromatic carbocycles. The van der Waals surface area contributed by atoms with Crippen LogP contribution < -0.4 is 4.74 Å². The summed E-state index contributed by atoms with van der Waals surface area (Å²) in [5, 5.41) is 0. The van der Waals surface area contributed by atoms with E-state index in [9.17, 15) is 9.59 Å². The Morgan fingerprint density at radius 3 is 2.73 bits per heavy atom. The molecule has 26 heavy (non-hydrogen) atoms. The van der Waals surface area contributed by atoms with Crippen molar-refractivity contribution >= 4 is 29.7 Å². The topological polar surface area (TPSA) is 63.9 Å². The van der Waals surface area contributed by atoms with E-state index in [1.807, 2.05) is 41.5 Å². The lowest BCUT2D eigenvalue weighted by molar-refractivity contribution is -0.129. The van der Waals surface area contributed by atoms with Gasteiger partial charge < -0.3 is 9.64 Å². The number of hydrogen-bond donors (Lipinski definition) is 0. The van der Waals surface area contributed by atoms with Crippen LogP contribution >= 0.6 is 12.4 Å². The maximum Gasteiger partial charge on any atom is 0.219 e. The number of ketones is 1. The molecular weight excluding hydrogens is 354 g/mol. The molecule has 2 heterocycles. The lowest BCUT2D eigenvalue weighted by Crippen LogP contribution is -2.32. The number of imidazole rings is 1. The molecule has 0 N–H and O–H groups in total. The fraction of sp³-hybridized carbons (Fsp3) is 0.526. The fourth-order valence-electron chi connectivity index (χ4n) is 3.27. The Bertz CT molecular complexity index is 799. The number of Topliss-reactive ketones (excluding diaryl/α,β-unsaturated/α-hetero) is 1. The van der Waals surface area contributed by atoms with Crippen LogP contribution in [-0.2, 0) is 4.79 Å². The van der Waals surface area contributed by atoms with Crippen molar-refractivity contribution in [3.05, 3.63) is 29.7 Å². The Morgan fingerprint density at radius 1 is 1.38 bits per heavy atom. The summed E-state index contributed by atoms with van der Waals surface area (Å²) in [6.07, 6.45) is 5.09. The molecule has 6 nitrogen and oxygen atoms in total. The predicted octanol–water partition coefficient (Wildman–Crippen LogP) is 3.44. The molecule has 1 aliphatic rings. The van der Waals surface area contributed by atoms with Crippen LogP contribution in [0.5, 0.6) is 5.75 Å². The minimum absolute atomic E-state index is 0. The lowest BCUT2D eigenvalue weighted by atomic mass is 10.1. The summed E-state index contributed by atoms with van der Waals surface area (Å²) in [6, 6.07) is 4.11. The second-order valence-corrected chi connectivity index (χ2v) is 6.52. The highest BCUT2D eigenvalue weighted by atomic mass is 35.5. The number of aryl methyl sites for hydroxylation is 1. The van der Waals surface area contributed by atoms with Crippen molar-refractivity contribution < 1.29 is 14.3 Å². The number of rotatable bonds is 8. The van der Waals surface area contributed by atoms with Crippen LogP contribution in [0.4, 0.5) is 0 Å². The van der Waals surface area contributed by atoms with E-state index in [0.29, 0.717) is 54.8 Å². The number of aromatic nitrogens is 2. The van der Waals surface area contributed by atoms with Crippen molar-refractivity contribution in [2.75, 3.05) is 13.2 Å². The lowest BCUT2D eigenvalue weighted by Gasteiger charge is -2.20. The zero-order valence-electron chi connectivity index (χ0n) is 15.5. The number of carbonyl (C=O) groups is 2. The summed E-state index contributed by atoms with van der Waals surface area (Å²) < 4.78 is 7.41. The fourth-order valence-corrected chi connectivity index (χ4v) is 3.27. The Morgan fingerprint density at radius 2 is 2.12 bits per heavy atom. The first kappa shape index (κ1) is 20.2. The minimum atomic E-state index is 0. The third kappa shape index (κ3) is 4.18. The highest BCUT2D eigenvalue weighted by molar-refractivity contribution is 5.96. The van der Waals surface area contributed by atoms with Gasteiger partial charge in [-0.1, -0.05) is 0 Å². The number of hydrogen-bond acceptors (Lipinski definition) is 4. The molecule has 0 spiro atoms. The van der Waals surface area contributed by atoms with Crippen molar-refractivity contribution in [1.29, 1.82) is 0 Å². The maximum absolute atomic E-state index is 12.7. The maximum atomic E-state index is 12.7. The highest BCUT2D eigenvalue weighted by Crippen LogP contribution is 2.27. The molecule has 1 amide bonds. The van der Waals surface area contributed by atoms with Crippen LogP contribution in [-0.4, -0.2) is 45.2 Å². The van der Waals surface area contributed by atoms with Gasteiger partial charge in [0, 0.05) is 32.1 Å². The average Bonchev–Trinajstić information content (AvgIpc) is 3.33. The van der Waals surface area contributed by atoms with Crippen molar-refractivity contribution in [3.63, 3.8) is 0 Å². The Kier molecular flexibility index (Phi) is 6.64. The zero-order chi connectivity index (χ0) is 18.0. The van der Waals surface area contributed by atoms with E-state index in [1.54, 1.807) is 6.92 Å². The molecule has 2 aromatic rings. The number of amides is 1. The molecule has 142 valence electrons. The summed E-state index contributed by atoms with van der Waals surface area (Å²) in [6.45, 7) is 6.57. The molecule has 1 aliphatic carbocycles. The summed E-state index contributed by atoms with van der Waals surface area (Å²) >= 11 is 0. The molecule has 7 heteroatoms. The zero-order valence-corrected chi connectivity index (χ0v) is 16.3. The molecule has 3 rings (SSSR count). The van der Waals surface area contributed by atoms with Gasteiger partial charge in [0.15, 0.2) is 17.2 Å². The molecule has 0 bridgehead atoms. The first-order chi connectivity index (χ1) is 12.0. The molecule has 1 saturated carbocycles. The van der Waals surface area contributed by atoms with E-state index in [-0.39, 0.29) is 24.1 Å². The molecule has 2 aromatic heterocycles. The number of nitrogens with zero attached hydrogens (tertiary/aromatic N) is 3. The molecule has 0 radical (unpaired) electrons. The first-order valence-corrected chi connectivity index (χ1v) is 8.93. The number of halogens is 1. The van der Waals surface area contributed by atoms with Gasteiger partial charge in [0.25, 0.3) is 0 Å². The Balaban J connectivity index is 0.00000243. The quantitative estimate of drug-likeness (QED) is 0.659. The number of carbonyl (C=O) groups excluding carboxylic acids is 2. The third-order valence-electron chi connectivity index (χ3n) is 4.55. The summed E-state index contributed by atoms with van der Waals surface area (Å²) in [7, 11) is 0. The van der Waals surface area contributed by atoms with E-state index in [1.165, 1.54) is 0 Å². The number of pyridine rings is 1. The molecular formula is C19H26ClN3O3. The van der Waals surface area contributed by atoms with Gasteiger partial charge in [0.05, 0.1) is 12.3 Å². The van der Waals surface area contributed by atoms with Crippen LogP contribution in [0.1, 0.15) is 55.7 Å². The summed E-state index contributed by atoms with van der Waals surface area (Å²) in [4.78, 5) is 30.8. The Labute approximate surface area is 159 Å². The standard InChI is InChI=1S/C19H25N3O3.ClH/c1-4-25-17-8-6-12-22-18(13(2)20-19(17)22)16(24)7-5-11-21(14(3)23)15-9-10-15;/h6,8,12,15H,4-5,7,9-11H2,1-3H3;1H. The van der Waals surface area contributed by atoms with Gasteiger partial charge >= 0.3 is 0 Å². The van der Waals surface area contributed by atoms with E-state index in [4.69, 9.17) is 4.74 Å². The van der Waals surface area contributed by atoms with E-state index < -0.39 is 0 Å². The second-order valence-electron chi connectivity index (χ2n) is 6.52. The van der Waals surface area contributed by atoms with Crippen LogP contribution in [0.15, 0.2) is 18.3 Å². The van der Waals surface area contributed by atoms with Gasteiger partial charge in [-0.3, -0.25) is 14.0 Å². The summed E-state index contributed by atoms with van der Waals surface area (Å²) in [5.74, 6) is 0.837. The summed E-state index contributed by atoms with van der Waals surface area (Å²) in [5.41, 5.74) is 1.99. The number of ether oxygens (including phenoxy) is 1. The SMILES string of the molecule is CCOc1cccn2c(C(=O)CCCN(C(C)=O)C3CC3)c(C)nc12.Cl. The molecule has 0 unspecified atom stereocenters. The smallest absolute Gasteiger partial charge is 0.219 e. The highest BCUT2D eigenvalue weighted by Gasteiger charge is 2.30. The predicted molar refractivity (Wildman–Crippen MR) is 102 cm³/mol. The average molecular weight is 380 g/mol. The Hall–Kier alpha value is -2.08. The van der Waals surface area contributed by atoms with Gasteiger partial charge in [-0.05, 0) is 45.2 Å².